The third kappa shape index (κ3) is 4.66. The molecule has 0 saturated carbocycles. The van der Waals surface area contributed by atoms with Crippen molar-refractivity contribution >= 4 is 33.3 Å². The molecule has 0 fully saturated rings. The summed E-state index contributed by atoms with van der Waals surface area (Å²) in [5.74, 6) is -0.384. The van der Waals surface area contributed by atoms with Crippen LogP contribution in [0.4, 0.5) is 10.1 Å². The Bertz CT molecular complexity index is 1000. The van der Waals surface area contributed by atoms with Crippen LogP contribution in [0.5, 0.6) is 11.5 Å². The fourth-order valence-corrected chi connectivity index (χ4v) is 3.43. The van der Waals surface area contributed by atoms with E-state index >= 15 is 0 Å². The maximum Gasteiger partial charge on any atom is 0.272 e. The van der Waals surface area contributed by atoms with Crippen molar-refractivity contribution in [1.29, 1.82) is 0 Å². The minimum Gasteiger partial charge on any atom is -0.453 e. The summed E-state index contributed by atoms with van der Waals surface area (Å²) >= 11 is 1.50. The number of pyridine rings is 1. The number of ether oxygens (including phenoxy) is 1. The predicted molar refractivity (Wildman–Crippen MR) is 105 cm³/mol. The van der Waals surface area contributed by atoms with E-state index in [1.54, 1.807) is 12.3 Å². The molecule has 140 valence electrons. The SMILES string of the molecule is CN(C)CC/C=C/c1cc2nccc(Oc3ccc([N+](=O)[O-])cc3F)c2s1. The van der Waals surface area contributed by atoms with Gasteiger partial charge in [-0.2, -0.15) is 0 Å². The monoisotopic (exact) mass is 387 g/mol. The van der Waals surface area contributed by atoms with Crippen molar-refractivity contribution in [2.45, 2.75) is 6.42 Å². The lowest BCUT2D eigenvalue weighted by Crippen LogP contribution is -2.11. The van der Waals surface area contributed by atoms with Gasteiger partial charge < -0.3 is 9.64 Å². The summed E-state index contributed by atoms with van der Waals surface area (Å²) in [4.78, 5) is 17.5. The number of rotatable bonds is 7. The molecule has 8 heteroatoms. The van der Waals surface area contributed by atoms with Crippen LogP contribution >= 0.6 is 11.3 Å². The van der Waals surface area contributed by atoms with E-state index in [1.165, 1.54) is 23.5 Å². The molecule has 0 aliphatic rings. The molecule has 1 aromatic carbocycles. The second-order valence-electron chi connectivity index (χ2n) is 6.14. The number of nitro benzene ring substituents is 1. The molecule has 2 heterocycles. The lowest BCUT2D eigenvalue weighted by Gasteiger charge is -2.07. The van der Waals surface area contributed by atoms with Gasteiger partial charge in [-0.3, -0.25) is 15.1 Å². The molecule has 0 spiro atoms. The number of halogens is 1. The zero-order valence-corrected chi connectivity index (χ0v) is 15.7. The highest BCUT2D eigenvalue weighted by atomic mass is 32.1. The molecule has 0 aliphatic heterocycles. The molecule has 6 nitrogen and oxygen atoms in total. The molecule has 0 unspecified atom stereocenters. The van der Waals surface area contributed by atoms with E-state index in [1.807, 2.05) is 26.2 Å². The fraction of sp³-hybridized carbons (Fsp3) is 0.211. The largest absolute Gasteiger partial charge is 0.453 e. The molecule has 3 rings (SSSR count). The summed E-state index contributed by atoms with van der Waals surface area (Å²) in [6.45, 7) is 0.966. The lowest BCUT2D eigenvalue weighted by atomic mass is 10.3. The first kappa shape index (κ1) is 18.9. The number of hydrogen-bond acceptors (Lipinski definition) is 6. The Balaban J connectivity index is 1.84. The van der Waals surface area contributed by atoms with Crippen molar-refractivity contribution in [3.05, 3.63) is 63.4 Å². The average molecular weight is 387 g/mol. The Morgan fingerprint density at radius 1 is 1.30 bits per heavy atom. The van der Waals surface area contributed by atoms with Gasteiger partial charge in [0.1, 0.15) is 5.75 Å². The fourth-order valence-electron chi connectivity index (χ4n) is 2.43. The Kier molecular flexibility index (Phi) is 5.78. The zero-order valence-electron chi connectivity index (χ0n) is 14.9. The Morgan fingerprint density at radius 3 is 2.81 bits per heavy atom. The van der Waals surface area contributed by atoms with Gasteiger partial charge in [-0.25, -0.2) is 4.39 Å². The summed E-state index contributed by atoms with van der Waals surface area (Å²) in [6, 6.07) is 6.92. The predicted octanol–water partition coefficient (Wildman–Crippen LogP) is 5.10. The van der Waals surface area contributed by atoms with Gasteiger partial charge in [0, 0.05) is 29.8 Å². The van der Waals surface area contributed by atoms with Gasteiger partial charge in [-0.15, -0.1) is 11.3 Å². The highest BCUT2D eigenvalue weighted by Crippen LogP contribution is 2.36. The third-order valence-corrected chi connectivity index (χ3v) is 4.87. The summed E-state index contributed by atoms with van der Waals surface area (Å²) in [6.07, 6.45) is 6.66. The van der Waals surface area contributed by atoms with Gasteiger partial charge in [0.25, 0.3) is 5.69 Å². The molecular formula is C19H18FN3O3S. The summed E-state index contributed by atoms with van der Waals surface area (Å²) in [7, 11) is 4.05. The van der Waals surface area contributed by atoms with Crippen molar-refractivity contribution in [1.82, 2.24) is 9.88 Å². The smallest absolute Gasteiger partial charge is 0.272 e. The van der Waals surface area contributed by atoms with E-state index in [0.29, 0.717) is 5.75 Å². The van der Waals surface area contributed by atoms with E-state index in [9.17, 15) is 14.5 Å². The third-order valence-electron chi connectivity index (χ3n) is 3.77. The molecule has 0 N–H and O–H groups in total. The standard InChI is InChI=1S/C19H18FN3O3S/c1-22(2)10-4-3-5-14-12-16-19(27-14)18(8-9-21-16)26-17-7-6-13(23(24)25)11-15(17)20/h3,5-9,11-12H,4,10H2,1-2H3/b5-3+. The number of nitro groups is 1. The molecule has 0 aliphatic carbocycles. The van der Waals surface area contributed by atoms with Crippen LogP contribution in [0.2, 0.25) is 0 Å². The topological polar surface area (TPSA) is 68.5 Å². The number of fused-ring (bicyclic) bond motifs is 1. The quantitative estimate of drug-likeness (QED) is 0.417. The maximum absolute atomic E-state index is 14.1. The van der Waals surface area contributed by atoms with Gasteiger partial charge in [0.05, 0.1) is 21.2 Å². The van der Waals surface area contributed by atoms with Gasteiger partial charge in [0.2, 0.25) is 0 Å². The van der Waals surface area contributed by atoms with Gasteiger partial charge in [-0.1, -0.05) is 6.08 Å². The van der Waals surface area contributed by atoms with Crippen LogP contribution in [-0.4, -0.2) is 35.4 Å². The minimum atomic E-state index is -0.783. The van der Waals surface area contributed by atoms with Gasteiger partial charge >= 0.3 is 0 Å². The average Bonchev–Trinajstić information content (AvgIpc) is 3.04. The van der Waals surface area contributed by atoms with Crippen molar-refractivity contribution in [2.24, 2.45) is 0 Å². The minimum absolute atomic E-state index is 0.0652. The Hall–Kier alpha value is -2.84. The van der Waals surface area contributed by atoms with Crippen molar-refractivity contribution < 1.29 is 14.1 Å². The molecule has 27 heavy (non-hydrogen) atoms. The second kappa shape index (κ2) is 8.24. The van der Waals surface area contributed by atoms with Crippen LogP contribution in [0.3, 0.4) is 0 Å². The zero-order chi connectivity index (χ0) is 19.4. The first-order chi connectivity index (χ1) is 12.9. The highest BCUT2D eigenvalue weighted by Gasteiger charge is 2.14. The number of benzene rings is 1. The number of non-ortho nitro benzene ring substituents is 1. The van der Waals surface area contributed by atoms with Crippen LogP contribution < -0.4 is 4.74 Å². The van der Waals surface area contributed by atoms with Crippen molar-refractivity contribution in [2.75, 3.05) is 20.6 Å². The van der Waals surface area contributed by atoms with Crippen LogP contribution in [0.1, 0.15) is 11.3 Å². The maximum atomic E-state index is 14.1. The van der Waals surface area contributed by atoms with E-state index in [0.717, 1.165) is 34.1 Å². The Morgan fingerprint density at radius 2 is 2.11 bits per heavy atom. The van der Waals surface area contributed by atoms with Gasteiger partial charge in [-0.05, 0) is 38.7 Å². The molecule has 2 aromatic heterocycles. The number of hydrogen-bond donors (Lipinski definition) is 0. The van der Waals surface area contributed by atoms with Crippen LogP contribution in [0.25, 0.3) is 16.3 Å². The number of nitrogens with zero attached hydrogens (tertiary/aromatic N) is 3. The van der Waals surface area contributed by atoms with E-state index in [2.05, 4.69) is 16.0 Å². The normalized spacial score (nSPS) is 11.6. The van der Waals surface area contributed by atoms with Gasteiger partial charge in [0.15, 0.2) is 11.6 Å². The highest BCUT2D eigenvalue weighted by molar-refractivity contribution is 7.20. The molecule has 3 aromatic rings. The number of thiophene rings is 1. The summed E-state index contributed by atoms with van der Waals surface area (Å²) < 4.78 is 20.6. The van der Waals surface area contributed by atoms with E-state index in [4.69, 9.17) is 4.74 Å². The van der Waals surface area contributed by atoms with Crippen molar-refractivity contribution in [3.8, 4) is 11.5 Å². The molecule has 0 amide bonds. The first-order valence-electron chi connectivity index (χ1n) is 8.25. The second-order valence-corrected chi connectivity index (χ2v) is 7.22. The van der Waals surface area contributed by atoms with Crippen LogP contribution in [-0.2, 0) is 0 Å². The lowest BCUT2D eigenvalue weighted by molar-refractivity contribution is -0.385. The number of aromatic nitrogens is 1. The molecular weight excluding hydrogens is 369 g/mol. The van der Waals surface area contributed by atoms with E-state index < -0.39 is 10.7 Å². The summed E-state index contributed by atoms with van der Waals surface area (Å²) in [5.41, 5.74) is 0.438. The summed E-state index contributed by atoms with van der Waals surface area (Å²) in [5, 5.41) is 10.7. The van der Waals surface area contributed by atoms with Crippen molar-refractivity contribution in [3.63, 3.8) is 0 Å². The molecule has 0 radical (unpaired) electrons. The molecule has 0 saturated heterocycles. The van der Waals surface area contributed by atoms with Crippen LogP contribution in [0, 0.1) is 15.9 Å². The molecule has 0 bridgehead atoms. The van der Waals surface area contributed by atoms with Crippen LogP contribution in [0.15, 0.2) is 42.6 Å². The first-order valence-corrected chi connectivity index (χ1v) is 9.07. The van der Waals surface area contributed by atoms with E-state index in [-0.39, 0.29) is 11.4 Å². The molecule has 0 atom stereocenters. The Labute approximate surface area is 159 Å².